The molecule has 0 radical (unpaired) electrons. The van der Waals surface area contributed by atoms with Gasteiger partial charge in [-0.05, 0) is 44.0 Å². The van der Waals surface area contributed by atoms with Crippen LogP contribution in [-0.4, -0.2) is 25.7 Å². The third-order valence-corrected chi connectivity index (χ3v) is 5.38. The molecule has 7 nitrogen and oxygen atoms in total. The lowest BCUT2D eigenvalue weighted by molar-refractivity contribution is 0.102. The third kappa shape index (κ3) is 3.06. The van der Waals surface area contributed by atoms with Crippen LogP contribution in [0.4, 0.5) is 5.69 Å². The molecule has 0 spiro atoms. The molecule has 5 rings (SSSR count). The van der Waals surface area contributed by atoms with Crippen LogP contribution in [0.15, 0.2) is 28.7 Å². The number of pyridine rings is 1. The summed E-state index contributed by atoms with van der Waals surface area (Å²) < 4.78 is 7.51. The fourth-order valence-corrected chi connectivity index (χ4v) is 3.70. The number of aromatic nitrogens is 4. The second kappa shape index (κ2) is 6.40. The summed E-state index contributed by atoms with van der Waals surface area (Å²) in [7, 11) is 1.87. The van der Waals surface area contributed by atoms with Gasteiger partial charge in [-0.3, -0.25) is 9.48 Å². The molecule has 7 heteroatoms. The average molecular weight is 389 g/mol. The van der Waals surface area contributed by atoms with Gasteiger partial charge in [0.25, 0.3) is 5.91 Å². The highest BCUT2D eigenvalue weighted by atomic mass is 16.3. The Labute approximate surface area is 168 Å². The summed E-state index contributed by atoms with van der Waals surface area (Å²) >= 11 is 0. The number of carbonyl (C=O) groups excluding carboxylic acids is 1. The van der Waals surface area contributed by atoms with Crippen LogP contribution < -0.4 is 5.32 Å². The molecule has 1 fully saturated rings. The van der Waals surface area contributed by atoms with Crippen molar-refractivity contribution in [1.82, 2.24) is 19.7 Å². The van der Waals surface area contributed by atoms with E-state index in [1.165, 1.54) is 0 Å². The number of oxazole rings is 1. The summed E-state index contributed by atoms with van der Waals surface area (Å²) in [5.74, 6) is 1.18. The SMILES string of the molecule is Cc1nn(C)c2nc(C3CC3)cc(C(=O)Nc3ccc4oc(C(C)C)nc4c3)c12. The zero-order valence-corrected chi connectivity index (χ0v) is 17.0. The van der Waals surface area contributed by atoms with Gasteiger partial charge in [0.2, 0.25) is 0 Å². The highest BCUT2D eigenvalue weighted by Gasteiger charge is 2.28. The quantitative estimate of drug-likeness (QED) is 0.548. The van der Waals surface area contributed by atoms with Crippen LogP contribution in [0.25, 0.3) is 22.1 Å². The maximum Gasteiger partial charge on any atom is 0.256 e. The van der Waals surface area contributed by atoms with Crippen molar-refractivity contribution >= 4 is 33.7 Å². The Bertz CT molecular complexity index is 1260. The summed E-state index contributed by atoms with van der Waals surface area (Å²) in [6.07, 6.45) is 2.24. The number of rotatable bonds is 4. The van der Waals surface area contributed by atoms with Crippen LogP contribution in [0.2, 0.25) is 0 Å². The average Bonchev–Trinajstić information content (AvgIpc) is 3.38. The van der Waals surface area contributed by atoms with Crippen molar-refractivity contribution in [3.63, 3.8) is 0 Å². The minimum absolute atomic E-state index is 0.165. The Morgan fingerprint density at radius 3 is 2.76 bits per heavy atom. The van der Waals surface area contributed by atoms with E-state index in [0.717, 1.165) is 46.4 Å². The Hall–Kier alpha value is -3.22. The highest BCUT2D eigenvalue weighted by Crippen LogP contribution is 2.40. The van der Waals surface area contributed by atoms with Gasteiger partial charge in [-0.1, -0.05) is 13.8 Å². The maximum atomic E-state index is 13.2. The van der Waals surface area contributed by atoms with E-state index in [-0.39, 0.29) is 11.8 Å². The Kier molecular flexibility index (Phi) is 3.94. The van der Waals surface area contributed by atoms with Gasteiger partial charge in [0.1, 0.15) is 5.52 Å². The molecule has 1 aliphatic carbocycles. The largest absolute Gasteiger partial charge is 0.440 e. The predicted molar refractivity (Wildman–Crippen MR) is 111 cm³/mol. The minimum Gasteiger partial charge on any atom is -0.440 e. The predicted octanol–water partition coefficient (Wildman–Crippen LogP) is 4.67. The number of carbonyl (C=O) groups is 1. The second-order valence-corrected chi connectivity index (χ2v) is 8.12. The fraction of sp³-hybridized carbons (Fsp3) is 0.364. The number of benzene rings is 1. The number of nitrogens with zero attached hydrogens (tertiary/aromatic N) is 4. The smallest absolute Gasteiger partial charge is 0.256 e. The second-order valence-electron chi connectivity index (χ2n) is 8.12. The van der Waals surface area contributed by atoms with E-state index >= 15 is 0 Å². The maximum absolute atomic E-state index is 13.2. The molecule has 148 valence electrons. The standard InChI is InChI=1S/C22H23N5O2/c1-11(2)22-25-17-9-14(7-8-18(17)29-22)23-21(28)15-10-16(13-5-6-13)24-20-19(15)12(3)26-27(20)4/h7-11,13H,5-6H2,1-4H3,(H,23,28). The summed E-state index contributed by atoms with van der Waals surface area (Å²) in [6.45, 7) is 5.98. The first-order valence-corrected chi connectivity index (χ1v) is 9.97. The molecule has 4 aromatic rings. The molecule has 1 saturated carbocycles. The van der Waals surface area contributed by atoms with Crippen LogP contribution >= 0.6 is 0 Å². The molecule has 1 amide bonds. The molecule has 1 aromatic carbocycles. The van der Waals surface area contributed by atoms with Crippen LogP contribution in [0, 0.1) is 6.92 Å². The first-order valence-electron chi connectivity index (χ1n) is 9.97. The van der Waals surface area contributed by atoms with Crippen molar-refractivity contribution in [3.05, 3.63) is 47.1 Å². The number of fused-ring (bicyclic) bond motifs is 2. The molecule has 0 aliphatic heterocycles. The molecule has 3 heterocycles. The Morgan fingerprint density at radius 1 is 1.24 bits per heavy atom. The van der Waals surface area contributed by atoms with E-state index in [9.17, 15) is 4.79 Å². The normalized spacial score (nSPS) is 14.2. The number of hydrogen-bond donors (Lipinski definition) is 1. The first kappa shape index (κ1) is 17.8. The zero-order chi connectivity index (χ0) is 20.3. The van der Waals surface area contributed by atoms with Crippen molar-refractivity contribution in [3.8, 4) is 0 Å². The van der Waals surface area contributed by atoms with E-state index in [1.54, 1.807) is 4.68 Å². The van der Waals surface area contributed by atoms with Crippen molar-refractivity contribution in [2.45, 2.75) is 45.4 Å². The zero-order valence-electron chi connectivity index (χ0n) is 17.0. The highest BCUT2D eigenvalue weighted by molar-refractivity contribution is 6.13. The lowest BCUT2D eigenvalue weighted by atomic mass is 10.1. The van der Waals surface area contributed by atoms with E-state index < -0.39 is 0 Å². The fourth-order valence-electron chi connectivity index (χ4n) is 3.70. The van der Waals surface area contributed by atoms with E-state index in [2.05, 4.69) is 15.4 Å². The van der Waals surface area contributed by atoms with Gasteiger partial charge in [-0.15, -0.1) is 0 Å². The molecule has 0 bridgehead atoms. The topological polar surface area (TPSA) is 85.8 Å². The Balaban J connectivity index is 1.53. The monoisotopic (exact) mass is 389 g/mol. The van der Waals surface area contributed by atoms with Gasteiger partial charge >= 0.3 is 0 Å². The summed E-state index contributed by atoms with van der Waals surface area (Å²) in [4.78, 5) is 22.5. The molecular weight excluding hydrogens is 366 g/mol. The van der Waals surface area contributed by atoms with Gasteiger partial charge in [0, 0.05) is 30.3 Å². The number of aryl methyl sites for hydroxylation is 2. The van der Waals surface area contributed by atoms with Crippen LogP contribution in [0.5, 0.6) is 0 Å². The third-order valence-electron chi connectivity index (χ3n) is 5.38. The van der Waals surface area contributed by atoms with E-state index in [1.807, 2.05) is 52.1 Å². The number of nitrogens with one attached hydrogen (secondary N) is 1. The Morgan fingerprint density at radius 2 is 2.03 bits per heavy atom. The summed E-state index contributed by atoms with van der Waals surface area (Å²) in [5.41, 5.74) is 5.29. The molecule has 3 aromatic heterocycles. The van der Waals surface area contributed by atoms with Gasteiger partial charge in [0.05, 0.1) is 16.6 Å². The molecule has 29 heavy (non-hydrogen) atoms. The van der Waals surface area contributed by atoms with Gasteiger partial charge in [-0.2, -0.15) is 5.10 Å². The van der Waals surface area contributed by atoms with Crippen molar-refractivity contribution in [2.75, 3.05) is 5.32 Å². The van der Waals surface area contributed by atoms with Crippen LogP contribution in [-0.2, 0) is 7.05 Å². The summed E-state index contributed by atoms with van der Waals surface area (Å²) in [5, 5.41) is 8.30. The van der Waals surface area contributed by atoms with Crippen molar-refractivity contribution in [1.29, 1.82) is 0 Å². The minimum atomic E-state index is -0.165. The van der Waals surface area contributed by atoms with Crippen molar-refractivity contribution in [2.24, 2.45) is 7.05 Å². The van der Waals surface area contributed by atoms with E-state index in [0.29, 0.717) is 23.1 Å². The molecule has 1 N–H and O–H groups in total. The molecule has 1 aliphatic rings. The number of anilines is 1. The lowest BCUT2D eigenvalue weighted by Crippen LogP contribution is -2.13. The van der Waals surface area contributed by atoms with Gasteiger partial charge in [0.15, 0.2) is 17.1 Å². The molecule has 0 saturated heterocycles. The first-order chi connectivity index (χ1) is 13.9. The van der Waals surface area contributed by atoms with E-state index in [4.69, 9.17) is 9.40 Å². The lowest BCUT2D eigenvalue weighted by Gasteiger charge is -2.09. The molecule has 0 unspecified atom stereocenters. The molecule has 0 atom stereocenters. The molecular formula is C22H23N5O2. The van der Waals surface area contributed by atoms with Gasteiger partial charge < -0.3 is 9.73 Å². The van der Waals surface area contributed by atoms with Crippen LogP contribution in [0.1, 0.15) is 66.2 Å². The number of amides is 1. The number of hydrogen-bond acceptors (Lipinski definition) is 5. The van der Waals surface area contributed by atoms with Gasteiger partial charge in [-0.25, -0.2) is 9.97 Å². The summed E-state index contributed by atoms with van der Waals surface area (Å²) in [6, 6.07) is 7.46. The van der Waals surface area contributed by atoms with Crippen LogP contribution in [0.3, 0.4) is 0 Å². The van der Waals surface area contributed by atoms with Crippen molar-refractivity contribution < 1.29 is 9.21 Å².